The Hall–Kier alpha value is -1.32. The lowest BCUT2D eigenvalue weighted by molar-refractivity contribution is 0.0658. The Labute approximate surface area is 101 Å². The minimum absolute atomic E-state index is 0.0422. The minimum atomic E-state index is -1.00. The predicted octanol–water partition coefficient (Wildman–Crippen LogP) is 3.23. The third-order valence-electron chi connectivity index (χ3n) is 3.21. The van der Waals surface area contributed by atoms with Gasteiger partial charge in [-0.3, -0.25) is 0 Å². The van der Waals surface area contributed by atoms with Crippen molar-refractivity contribution in [2.45, 2.75) is 51.9 Å². The van der Waals surface area contributed by atoms with E-state index < -0.39 is 5.97 Å². The highest BCUT2D eigenvalue weighted by atomic mass is 16.4. The van der Waals surface area contributed by atoms with Crippen LogP contribution in [0.5, 0.6) is 0 Å². The molecule has 0 radical (unpaired) electrons. The maximum atomic E-state index is 11.1. The number of aromatic nitrogens is 1. The number of carbonyl (C=O) groups is 1. The van der Waals surface area contributed by atoms with Crippen LogP contribution in [0.15, 0.2) is 4.42 Å². The number of aromatic carboxylic acids is 1. The van der Waals surface area contributed by atoms with E-state index in [0.29, 0.717) is 29.8 Å². The van der Waals surface area contributed by atoms with Crippen molar-refractivity contribution in [3.05, 3.63) is 17.3 Å². The highest BCUT2D eigenvalue weighted by Gasteiger charge is 2.26. The second-order valence-corrected chi connectivity index (χ2v) is 5.21. The van der Waals surface area contributed by atoms with Crippen LogP contribution < -0.4 is 0 Å². The minimum Gasteiger partial charge on any atom is -0.475 e. The number of rotatable bonds is 4. The van der Waals surface area contributed by atoms with Crippen LogP contribution in [-0.2, 0) is 6.42 Å². The van der Waals surface area contributed by atoms with Gasteiger partial charge in [0.25, 0.3) is 0 Å². The Morgan fingerprint density at radius 1 is 1.47 bits per heavy atom. The van der Waals surface area contributed by atoms with Gasteiger partial charge in [-0.15, -0.1) is 0 Å². The molecule has 1 aliphatic rings. The summed E-state index contributed by atoms with van der Waals surface area (Å²) in [6, 6.07) is 0. The third kappa shape index (κ3) is 2.68. The Morgan fingerprint density at radius 3 is 2.65 bits per heavy atom. The lowest BCUT2D eigenvalue weighted by Crippen LogP contribution is -2.03. The normalized spacial score (nSPS) is 16.9. The first-order chi connectivity index (χ1) is 8.08. The fourth-order valence-electron chi connectivity index (χ4n) is 2.41. The number of hydrogen-bond donors (Lipinski definition) is 1. The molecule has 0 aromatic carbocycles. The molecule has 0 spiro atoms. The molecule has 2 rings (SSSR count). The van der Waals surface area contributed by atoms with Crippen molar-refractivity contribution in [1.82, 2.24) is 4.98 Å². The van der Waals surface area contributed by atoms with E-state index in [1.165, 1.54) is 12.8 Å². The second-order valence-electron chi connectivity index (χ2n) is 5.21. The van der Waals surface area contributed by atoms with Crippen LogP contribution in [-0.4, -0.2) is 16.1 Å². The lowest BCUT2D eigenvalue weighted by atomic mass is 10.1. The summed E-state index contributed by atoms with van der Waals surface area (Å²) >= 11 is 0. The number of hydrogen-bond acceptors (Lipinski definition) is 3. The summed E-state index contributed by atoms with van der Waals surface area (Å²) in [5, 5.41) is 9.10. The molecule has 1 fully saturated rings. The second kappa shape index (κ2) is 4.90. The molecule has 1 N–H and O–H groups in total. The summed E-state index contributed by atoms with van der Waals surface area (Å²) in [6.07, 6.45) is 5.18. The van der Waals surface area contributed by atoms with Crippen LogP contribution in [0.4, 0.5) is 0 Å². The number of carboxylic acid groups (broad SMARTS) is 1. The van der Waals surface area contributed by atoms with Crippen LogP contribution in [0.3, 0.4) is 0 Å². The number of nitrogens with zero attached hydrogens (tertiary/aromatic N) is 1. The first kappa shape index (κ1) is 12.1. The molecule has 94 valence electrons. The van der Waals surface area contributed by atoms with E-state index in [-0.39, 0.29) is 5.76 Å². The zero-order valence-electron chi connectivity index (χ0n) is 10.4. The molecule has 1 aliphatic carbocycles. The van der Waals surface area contributed by atoms with Gasteiger partial charge in [0.05, 0.1) is 5.69 Å². The summed E-state index contributed by atoms with van der Waals surface area (Å²) in [5.74, 6) is 0.386. The Balaban J connectivity index is 2.26. The highest BCUT2D eigenvalue weighted by Crippen LogP contribution is 2.34. The van der Waals surface area contributed by atoms with E-state index in [1.807, 2.05) is 0 Å². The van der Waals surface area contributed by atoms with E-state index in [0.717, 1.165) is 12.8 Å². The zero-order chi connectivity index (χ0) is 12.4. The molecular formula is C13H19NO3. The van der Waals surface area contributed by atoms with Gasteiger partial charge in [-0.1, -0.05) is 26.7 Å². The van der Waals surface area contributed by atoms with Crippen molar-refractivity contribution in [3.63, 3.8) is 0 Å². The smallest absolute Gasteiger partial charge is 0.373 e. The Kier molecular flexibility index (Phi) is 3.50. The molecule has 4 nitrogen and oxygen atoms in total. The molecule has 0 bridgehead atoms. The quantitative estimate of drug-likeness (QED) is 0.873. The molecule has 1 aromatic heterocycles. The number of oxazole rings is 1. The standard InChI is InChI=1S/C13H19NO3/c1-8(2)7-10-11(13(15)16)17-12(14-10)9-5-3-4-6-9/h8-9H,3-7H2,1-2H3,(H,15,16). The van der Waals surface area contributed by atoms with Crippen LogP contribution in [0, 0.1) is 5.92 Å². The molecule has 4 heteroatoms. The van der Waals surface area contributed by atoms with Gasteiger partial charge in [0.1, 0.15) is 0 Å². The van der Waals surface area contributed by atoms with Gasteiger partial charge in [0.2, 0.25) is 5.76 Å². The Morgan fingerprint density at radius 2 is 2.12 bits per heavy atom. The van der Waals surface area contributed by atoms with E-state index >= 15 is 0 Å². The average Bonchev–Trinajstić information content (AvgIpc) is 2.82. The van der Waals surface area contributed by atoms with E-state index in [4.69, 9.17) is 9.52 Å². The van der Waals surface area contributed by atoms with Gasteiger partial charge >= 0.3 is 5.97 Å². The van der Waals surface area contributed by atoms with Crippen molar-refractivity contribution in [2.75, 3.05) is 0 Å². The van der Waals surface area contributed by atoms with E-state index in [1.54, 1.807) is 0 Å². The van der Waals surface area contributed by atoms with Gasteiger partial charge in [-0.2, -0.15) is 0 Å². The zero-order valence-corrected chi connectivity index (χ0v) is 10.4. The van der Waals surface area contributed by atoms with Crippen molar-refractivity contribution < 1.29 is 14.3 Å². The maximum absolute atomic E-state index is 11.1. The summed E-state index contributed by atoms with van der Waals surface area (Å²) < 4.78 is 5.45. The molecule has 0 atom stereocenters. The van der Waals surface area contributed by atoms with Crippen molar-refractivity contribution in [1.29, 1.82) is 0 Å². The molecule has 0 aliphatic heterocycles. The molecule has 17 heavy (non-hydrogen) atoms. The third-order valence-corrected chi connectivity index (χ3v) is 3.21. The summed E-state index contributed by atoms with van der Waals surface area (Å²) in [4.78, 5) is 15.5. The number of carboxylic acids is 1. The molecule has 0 unspecified atom stereocenters. The largest absolute Gasteiger partial charge is 0.475 e. The van der Waals surface area contributed by atoms with Crippen molar-refractivity contribution in [2.24, 2.45) is 5.92 Å². The topological polar surface area (TPSA) is 63.3 Å². The lowest BCUT2D eigenvalue weighted by Gasteiger charge is -2.01. The molecule has 1 aromatic rings. The average molecular weight is 237 g/mol. The van der Waals surface area contributed by atoms with Gasteiger partial charge in [0, 0.05) is 5.92 Å². The van der Waals surface area contributed by atoms with Gasteiger partial charge in [-0.05, 0) is 25.2 Å². The highest BCUT2D eigenvalue weighted by molar-refractivity contribution is 5.85. The molecule has 1 heterocycles. The van der Waals surface area contributed by atoms with Gasteiger partial charge < -0.3 is 9.52 Å². The Bertz CT molecular complexity index is 403. The van der Waals surface area contributed by atoms with E-state index in [9.17, 15) is 4.79 Å². The van der Waals surface area contributed by atoms with Crippen LogP contribution >= 0.6 is 0 Å². The monoisotopic (exact) mass is 237 g/mol. The van der Waals surface area contributed by atoms with Gasteiger partial charge in [0.15, 0.2) is 5.89 Å². The fourth-order valence-corrected chi connectivity index (χ4v) is 2.41. The fraction of sp³-hybridized carbons (Fsp3) is 0.692. The predicted molar refractivity (Wildman–Crippen MR) is 63.2 cm³/mol. The maximum Gasteiger partial charge on any atom is 0.373 e. The van der Waals surface area contributed by atoms with Crippen molar-refractivity contribution >= 4 is 5.97 Å². The SMILES string of the molecule is CC(C)Cc1nc(C2CCCC2)oc1C(=O)O. The van der Waals surface area contributed by atoms with Crippen LogP contribution in [0.25, 0.3) is 0 Å². The molecule has 0 saturated heterocycles. The molecule has 0 amide bonds. The van der Waals surface area contributed by atoms with Crippen LogP contribution in [0.2, 0.25) is 0 Å². The van der Waals surface area contributed by atoms with Gasteiger partial charge in [-0.25, -0.2) is 9.78 Å². The summed E-state index contributed by atoms with van der Waals surface area (Å²) in [5.41, 5.74) is 0.606. The summed E-state index contributed by atoms with van der Waals surface area (Å²) in [7, 11) is 0. The first-order valence-corrected chi connectivity index (χ1v) is 6.30. The first-order valence-electron chi connectivity index (χ1n) is 6.30. The molecular weight excluding hydrogens is 218 g/mol. The van der Waals surface area contributed by atoms with Crippen molar-refractivity contribution in [3.8, 4) is 0 Å². The summed E-state index contributed by atoms with van der Waals surface area (Å²) in [6.45, 7) is 4.10. The van der Waals surface area contributed by atoms with Crippen LogP contribution in [0.1, 0.15) is 67.6 Å². The van der Waals surface area contributed by atoms with E-state index in [2.05, 4.69) is 18.8 Å². The molecule has 1 saturated carbocycles.